The van der Waals surface area contributed by atoms with Crippen LogP contribution in [0.5, 0.6) is 0 Å². The number of para-hydroxylation sites is 1. The van der Waals surface area contributed by atoms with Crippen molar-refractivity contribution in [3.63, 3.8) is 0 Å². The molecule has 2 amide bonds. The van der Waals surface area contributed by atoms with E-state index in [4.69, 9.17) is 4.74 Å². The molecule has 31 heavy (non-hydrogen) atoms. The zero-order valence-corrected chi connectivity index (χ0v) is 18.0. The van der Waals surface area contributed by atoms with Crippen molar-refractivity contribution in [2.45, 2.75) is 36.5 Å². The monoisotopic (exact) mass is 449 g/mol. The third-order valence-corrected chi connectivity index (χ3v) is 5.54. The first-order chi connectivity index (χ1) is 15.0. The number of alkyl carbamates (subject to hydrolysis) is 1. The number of halogens is 2. The second-order valence-corrected chi connectivity index (χ2v) is 8.09. The molecule has 0 aliphatic carbocycles. The van der Waals surface area contributed by atoms with E-state index in [-0.39, 0.29) is 11.9 Å². The van der Waals surface area contributed by atoms with Gasteiger partial charge in [0.25, 0.3) is 11.7 Å². The lowest BCUT2D eigenvalue weighted by Gasteiger charge is -2.33. The molecule has 2 aromatic rings. The Hall–Kier alpha value is -2.81. The maximum atomic E-state index is 13.2. The summed E-state index contributed by atoms with van der Waals surface area (Å²) in [5.74, 6) is -2.60. The van der Waals surface area contributed by atoms with Crippen molar-refractivity contribution in [3.05, 3.63) is 54.1 Å². The van der Waals surface area contributed by atoms with Crippen LogP contribution in [0.25, 0.3) is 0 Å². The van der Waals surface area contributed by atoms with Crippen LogP contribution in [0.15, 0.2) is 53.4 Å². The van der Waals surface area contributed by atoms with E-state index >= 15 is 0 Å². The number of hydrogen-bond acceptors (Lipinski definition) is 5. The van der Waals surface area contributed by atoms with Gasteiger partial charge >= 0.3 is 6.09 Å². The first-order valence-electron chi connectivity index (χ1n) is 10.1. The lowest BCUT2D eigenvalue weighted by atomic mass is 10.0. The van der Waals surface area contributed by atoms with Crippen LogP contribution in [0.1, 0.15) is 30.1 Å². The van der Waals surface area contributed by atoms with Crippen LogP contribution < -0.4 is 10.6 Å². The minimum absolute atomic E-state index is 0.136. The average molecular weight is 450 g/mol. The molecule has 0 spiro atoms. The number of amides is 2. The Morgan fingerprint density at radius 2 is 1.94 bits per heavy atom. The summed E-state index contributed by atoms with van der Waals surface area (Å²) in [6, 6.07) is 13.6. The second-order valence-electron chi connectivity index (χ2n) is 7.03. The van der Waals surface area contributed by atoms with Crippen LogP contribution in [0.3, 0.4) is 0 Å². The average Bonchev–Trinajstić information content (AvgIpc) is 2.75. The second kappa shape index (κ2) is 11.0. The van der Waals surface area contributed by atoms with Crippen molar-refractivity contribution < 1.29 is 23.1 Å². The molecule has 166 valence electrons. The molecule has 6 nitrogen and oxygen atoms in total. The van der Waals surface area contributed by atoms with E-state index < -0.39 is 11.9 Å². The van der Waals surface area contributed by atoms with E-state index in [9.17, 15) is 18.4 Å². The maximum Gasteiger partial charge on any atom is 0.407 e. The molecule has 3 rings (SSSR count). The highest BCUT2D eigenvalue weighted by atomic mass is 32.2. The minimum atomic E-state index is -2.47. The SMILES string of the molecule is CCOC(=O)NC1CCCN(C(=O)c2ccccc2Nc2ccc(SC(F)F)cc2)C1. The van der Waals surface area contributed by atoms with Crippen LogP contribution in [0.4, 0.5) is 25.0 Å². The van der Waals surface area contributed by atoms with Gasteiger partial charge in [0.1, 0.15) is 0 Å². The van der Waals surface area contributed by atoms with Gasteiger partial charge in [0, 0.05) is 29.7 Å². The quantitative estimate of drug-likeness (QED) is 0.576. The minimum Gasteiger partial charge on any atom is -0.450 e. The normalized spacial score (nSPS) is 16.1. The summed E-state index contributed by atoms with van der Waals surface area (Å²) >= 11 is 0.487. The van der Waals surface area contributed by atoms with Crippen molar-refractivity contribution in [3.8, 4) is 0 Å². The fourth-order valence-electron chi connectivity index (χ4n) is 3.44. The third kappa shape index (κ3) is 6.58. The first kappa shape index (κ1) is 22.9. The number of piperidine rings is 1. The molecule has 1 atom stereocenters. The molecule has 0 bridgehead atoms. The van der Waals surface area contributed by atoms with Crippen molar-refractivity contribution in [1.29, 1.82) is 0 Å². The van der Waals surface area contributed by atoms with Crippen LogP contribution in [0, 0.1) is 0 Å². The predicted octanol–water partition coefficient (Wildman–Crippen LogP) is 5.10. The number of anilines is 2. The van der Waals surface area contributed by atoms with Gasteiger partial charge in [-0.05, 0) is 56.2 Å². The molecule has 1 aliphatic rings. The number of rotatable bonds is 7. The van der Waals surface area contributed by atoms with Gasteiger partial charge in [0.15, 0.2) is 0 Å². The maximum absolute atomic E-state index is 13.2. The number of alkyl halides is 2. The number of carbonyl (C=O) groups excluding carboxylic acids is 2. The highest BCUT2D eigenvalue weighted by molar-refractivity contribution is 7.99. The summed E-state index contributed by atoms with van der Waals surface area (Å²) in [5, 5.41) is 6.00. The molecule has 0 aromatic heterocycles. The molecule has 1 aliphatic heterocycles. The first-order valence-corrected chi connectivity index (χ1v) is 11.0. The standard InChI is InChI=1S/C22H25F2N3O3S/c1-2-30-22(29)26-16-6-5-13-27(14-16)20(28)18-7-3-4-8-19(18)25-15-9-11-17(12-10-15)31-21(23)24/h3-4,7-12,16,21,25H,2,5-6,13-14H2,1H3,(H,26,29). The van der Waals surface area contributed by atoms with E-state index in [0.717, 1.165) is 12.8 Å². The van der Waals surface area contributed by atoms with Gasteiger partial charge in [-0.25, -0.2) is 4.79 Å². The van der Waals surface area contributed by atoms with Crippen molar-refractivity contribution in [2.75, 3.05) is 25.0 Å². The molecule has 0 saturated carbocycles. The summed E-state index contributed by atoms with van der Waals surface area (Å²) in [6.07, 6.45) is 1.09. The largest absolute Gasteiger partial charge is 0.450 e. The zero-order valence-electron chi connectivity index (χ0n) is 17.1. The van der Waals surface area contributed by atoms with E-state index in [0.29, 0.717) is 53.3 Å². The lowest BCUT2D eigenvalue weighted by Crippen LogP contribution is -2.49. The number of ether oxygens (including phenoxy) is 1. The Morgan fingerprint density at radius 1 is 1.19 bits per heavy atom. The number of thioether (sulfide) groups is 1. The van der Waals surface area contributed by atoms with Crippen LogP contribution in [-0.4, -0.2) is 48.4 Å². The molecule has 1 fully saturated rings. The molecular formula is C22H25F2N3O3S. The topological polar surface area (TPSA) is 70.7 Å². The van der Waals surface area contributed by atoms with Gasteiger partial charge in [-0.15, -0.1) is 0 Å². The number of benzene rings is 2. The number of nitrogens with one attached hydrogen (secondary N) is 2. The smallest absolute Gasteiger partial charge is 0.407 e. The molecule has 0 radical (unpaired) electrons. The van der Waals surface area contributed by atoms with Gasteiger partial charge in [0.05, 0.1) is 17.9 Å². The number of likely N-dealkylation sites (tertiary alicyclic amines) is 1. The molecule has 1 unspecified atom stereocenters. The van der Waals surface area contributed by atoms with E-state index in [2.05, 4.69) is 10.6 Å². The van der Waals surface area contributed by atoms with Gasteiger partial charge in [0.2, 0.25) is 0 Å². The fourth-order valence-corrected chi connectivity index (χ4v) is 3.94. The van der Waals surface area contributed by atoms with Crippen molar-refractivity contribution >= 4 is 35.1 Å². The Morgan fingerprint density at radius 3 is 2.65 bits per heavy atom. The van der Waals surface area contributed by atoms with E-state index in [1.165, 1.54) is 0 Å². The van der Waals surface area contributed by atoms with Gasteiger partial charge in [-0.3, -0.25) is 4.79 Å². The number of nitrogens with zero attached hydrogens (tertiary/aromatic N) is 1. The highest BCUT2D eigenvalue weighted by Crippen LogP contribution is 2.28. The van der Waals surface area contributed by atoms with Gasteiger partial charge in [-0.2, -0.15) is 8.78 Å². The molecule has 9 heteroatoms. The highest BCUT2D eigenvalue weighted by Gasteiger charge is 2.27. The molecule has 1 heterocycles. The van der Waals surface area contributed by atoms with Gasteiger partial charge in [-0.1, -0.05) is 23.9 Å². The zero-order chi connectivity index (χ0) is 22.2. The molecule has 1 saturated heterocycles. The Labute approximate surface area is 184 Å². The van der Waals surface area contributed by atoms with E-state index in [1.807, 2.05) is 6.07 Å². The third-order valence-electron chi connectivity index (χ3n) is 4.82. The van der Waals surface area contributed by atoms with Crippen molar-refractivity contribution in [1.82, 2.24) is 10.2 Å². The predicted molar refractivity (Wildman–Crippen MR) is 117 cm³/mol. The van der Waals surface area contributed by atoms with Crippen LogP contribution >= 0.6 is 11.8 Å². The van der Waals surface area contributed by atoms with Crippen molar-refractivity contribution in [2.24, 2.45) is 0 Å². The summed E-state index contributed by atoms with van der Waals surface area (Å²) in [6.45, 7) is 3.05. The van der Waals surface area contributed by atoms with Crippen LogP contribution in [-0.2, 0) is 4.74 Å². The molecule has 2 aromatic carbocycles. The van der Waals surface area contributed by atoms with Gasteiger partial charge < -0.3 is 20.3 Å². The number of hydrogen-bond donors (Lipinski definition) is 2. The molecular weight excluding hydrogens is 424 g/mol. The lowest BCUT2D eigenvalue weighted by molar-refractivity contribution is 0.0687. The summed E-state index contributed by atoms with van der Waals surface area (Å²) in [7, 11) is 0. The number of carbonyl (C=O) groups is 2. The Bertz CT molecular complexity index is 896. The molecule has 2 N–H and O–H groups in total. The Kier molecular flexibility index (Phi) is 8.11. The fraction of sp³-hybridized carbons (Fsp3) is 0.364. The Balaban J connectivity index is 1.69. The summed E-state index contributed by atoms with van der Waals surface area (Å²) < 4.78 is 29.9. The van der Waals surface area contributed by atoms with E-state index in [1.54, 1.807) is 54.3 Å². The summed E-state index contributed by atoms with van der Waals surface area (Å²) in [4.78, 5) is 27.1. The summed E-state index contributed by atoms with van der Waals surface area (Å²) in [5.41, 5.74) is 1.83. The van der Waals surface area contributed by atoms with Crippen LogP contribution in [0.2, 0.25) is 0 Å².